The van der Waals surface area contributed by atoms with Gasteiger partial charge in [0.15, 0.2) is 0 Å². The number of aliphatic hydroxyl groups excluding tert-OH is 1. The molecule has 0 radical (unpaired) electrons. The van der Waals surface area contributed by atoms with Gasteiger partial charge in [-0.1, -0.05) is 6.07 Å². The number of ether oxygens (including phenoxy) is 2. The Morgan fingerprint density at radius 1 is 1.04 bits per heavy atom. The summed E-state index contributed by atoms with van der Waals surface area (Å²) in [5, 5.41) is 14.1. The van der Waals surface area contributed by atoms with Crippen molar-refractivity contribution in [1.82, 2.24) is 4.98 Å². The molecule has 1 aromatic heterocycles. The number of nitrogens with zero attached hydrogens (tertiary/aromatic N) is 1. The zero-order valence-electron chi connectivity index (χ0n) is 15.2. The zero-order valence-corrected chi connectivity index (χ0v) is 15.2. The van der Waals surface area contributed by atoms with Crippen LogP contribution in [0.4, 0.5) is 18.9 Å². The number of methoxy groups -OCH3 is 2. The molecule has 28 heavy (non-hydrogen) atoms. The van der Waals surface area contributed by atoms with Crippen LogP contribution in [0.15, 0.2) is 48.7 Å². The molecule has 0 saturated carbocycles. The monoisotopic (exact) mass is 392 g/mol. The van der Waals surface area contributed by atoms with Crippen LogP contribution in [0.25, 0.3) is 10.9 Å². The minimum absolute atomic E-state index is 0.135. The third-order valence-corrected chi connectivity index (χ3v) is 4.31. The van der Waals surface area contributed by atoms with Crippen LogP contribution in [-0.4, -0.2) is 30.9 Å². The molecule has 3 rings (SSSR count). The van der Waals surface area contributed by atoms with Gasteiger partial charge in [-0.2, -0.15) is 13.2 Å². The lowest BCUT2D eigenvalue weighted by Crippen LogP contribution is -2.13. The van der Waals surface area contributed by atoms with Gasteiger partial charge in [-0.05, 0) is 35.9 Å². The average molecular weight is 392 g/mol. The number of pyridine rings is 1. The maximum Gasteiger partial charge on any atom is 0.416 e. The van der Waals surface area contributed by atoms with Gasteiger partial charge < -0.3 is 19.9 Å². The van der Waals surface area contributed by atoms with Gasteiger partial charge in [0.05, 0.1) is 31.4 Å². The largest absolute Gasteiger partial charge is 0.497 e. The van der Waals surface area contributed by atoms with Gasteiger partial charge in [0.1, 0.15) is 11.5 Å². The number of alkyl halides is 3. The fourth-order valence-electron chi connectivity index (χ4n) is 2.82. The first-order valence-corrected chi connectivity index (χ1v) is 8.42. The lowest BCUT2D eigenvalue weighted by Gasteiger charge is -2.16. The molecule has 1 unspecified atom stereocenters. The number of rotatable bonds is 6. The summed E-state index contributed by atoms with van der Waals surface area (Å²) in [4.78, 5) is 4.01. The van der Waals surface area contributed by atoms with Gasteiger partial charge in [-0.25, -0.2) is 0 Å². The van der Waals surface area contributed by atoms with E-state index < -0.39 is 17.8 Å². The predicted molar refractivity (Wildman–Crippen MR) is 99.7 cm³/mol. The first-order chi connectivity index (χ1) is 13.3. The van der Waals surface area contributed by atoms with Crippen LogP contribution in [0.2, 0.25) is 0 Å². The molecule has 0 amide bonds. The standard InChI is InChI=1S/C20H19F3N2O3/c1-27-14-7-12(8-15(10-14)28-2)19(26)11-25-17-5-6-24-18-9-13(20(21,22)23)3-4-16(17)18/h3-10,19,26H,11H2,1-2H3,(H,24,25). The number of nitrogens with one attached hydrogen (secondary N) is 1. The average Bonchev–Trinajstić information content (AvgIpc) is 2.70. The van der Waals surface area contributed by atoms with Crippen molar-refractivity contribution in [3.05, 3.63) is 59.8 Å². The first kappa shape index (κ1) is 19.8. The SMILES string of the molecule is COc1cc(OC)cc(C(O)CNc2ccnc3cc(C(F)(F)F)ccc23)c1. The predicted octanol–water partition coefficient (Wildman–Crippen LogP) is 4.42. The Morgan fingerprint density at radius 3 is 2.32 bits per heavy atom. The molecule has 148 valence electrons. The maximum absolute atomic E-state index is 12.9. The lowest BCUT2D eigenvalue weighted by molar-refractivity contribution is -0.137. The number of benzene rings is 2. The fraction of sp³-hybridized carbons (Fsp3) is 0.250. The Bertz CT molecular complexity index is 954. The summed E-state index contributed by atoms with van der Waals surface area (Å²) in [7, 11) is 3.03. The molecule has 0 fully saturated rings. The molecule has 0 aliphatic carbocycles. The van der Waals surface area contributed by atoms with Crippen molar-refractivity contribution >= 4 is 16.6 Å². The Balaban J connectivity index is 1.82. The van der Waals surface area contributed by atoms with E-state index in [2.05, 4.69) is 10.3 Å². The quantitative estimate of drug-likeness (QED) is 0.650. The van der Waals surface area contributed by atoms with E-state index in [4.69, 9.17) is 9.47 Å². The summed E-state index contributed by atoms with van der Waals surface area (Å²) >= 11 is 0. The van der Waals surface area contributed by atoms with Gasteiger partial charge >= 0.3 is 6.18 Å². The highest BCUT2D eigenvalue weighted by molar-refractivity contribution is 5.91. The Morgan fingerprint density at radius 2 is 1.71 bits per heavy atom. The van der Waals surface area contributed by atoms with E-state index in [0.717, 1.165) is 12.1 Å². The van der Waals surface area contributed by atoms with Crippen LogP contribution in [0.5, 0.6) is 11.5 Å². The van der Waals surface area contributed by atoms with Crippen LogP contribution in [-0.2, 0) is 6.18 Å². The van der Waals surface area contributed by atoms with E-state index in [-0.39, 0.29) is 12.1 Å². The summed E-state index contributed by atoms with van der Waals surface area (Å²) in [6.07, 6.45) is -3.89. The van der Waals surface area contributed by atoms with E-state index >= 15 is 0 Å². The van der Waals surface area contributed by atoms with E-state index in [1.165, 1.54) is 26.5 Å². The third-order valence-electron chi connectivity index (χ3n) is 4.31. The molecule has 2 N–H and O–H groups in total. The first-order valence-electron chi connectivity index (χ1n) is 8.42. The normalized spacial score (nSPS) is 12.6. The van der Waals surface area contributed by atoms with Crippen LogP contribution in [0, 0.1) is 0 Å². The van der Waals surface area contributed by atoms with E-state index in [1.54, 1.807) is 24.3 Å². The maximum atomic E-state index is 12.9. The summed E-state index contributed by atoms with van der Waals surface area (Å²) in [5.41, 5.74) is 0.625. The Hall–Kier alpha value is -3.00. The van der Waals surface area contributed by atoms with E-state index in [1.807, 2.05) is 0 Å². The minimum atomic E-state index is -4.43. The summed E-state index contributed by atoms with van der Waals surface area (Å²) in [6.45, 7) is 0.135. The third kappa shape index (κ3) is 4.28. The minimum Gasteiger partial charge on any atom is -0.497 e. The van der Waals surface area contributed by atoms with Gasteiger partial charge in [0.25, 0.3) is 0 Å². The Kier molecular flexibility index (Phi) is 5.60. The topological polar surface area (TPSA) is 63.6 Å². The molecule has 8 heteroatoms. The summed E-state index contributed by atoms with van der Waals surface area (Å²) < 4.78 is 49.0. The van der Waals surface area contributed by atoms with Crippen molar-refractivity contribution in [3.8, 4) is 11.5 Å². The molecule has 0 saturated heterocycles. The second-order valence-electron chi connectivity index (χ2n) is 6.13. The number of anilines is 1. The number of aromatic nitrogens is 1. The molecule has 3 aromatic rings. The molecule has 2 aromatic carbocycles. The van der Waals surface area contributed by atoms with Crippen molar-refractivity contribution in [2.75, 3.05) is 26.1 Å². The van der Waals surface area contributed by atoms with Crippen LogP contribution in [0.3, 0.4) is 0 Å². The van der Waals surface area contributed by atoms with Gasteiger partial charge in [-0.15, -0.1) is 0 Å². The molecule has 0 bridgehead atoms. The highest BCUT2D eigenvalue weighted by Gasteiger charge is 2.30. The Labute approximate surface area is 159 Å². The van der Waals surface area contributed by atoms with E-state index in [9.17, 15) is 18.3 Å². The van der Waals surface area contributed by atoms with Crippen molar-refractivity contribution in [2.45, 2.75) is 12.3 Å². The molecular formula is C20H19F3N2O3. The van der Waals surface area contributed by atoms with Gasteiger partial charge in [0.2, 0.25) is 0 Å². The number of fused-ring (bicyclic) bond motifs is 1. The van der Waals surface area contributed by atoms with Crippen molar-refractivity contribution in [2.24, 2.45) is 0 Å². The summed E-state index contributed by atoms with van der Waals surface area (Å²) in [5.74, 6) is 1.09. The number of hydrogen-bond donors (Lipinski definition) is 2. The van der Waals surface area contributed by atoms with E-state index in [0.29, 0.717) is 28.1 Å². The van der Waals surface area contributed by atoms with Crippen molar-refractivity contribution in [3.63, 3.8) is 0 Å². The molecule has 0 aliphatic heterocycles. The van der Waals surface area contributed by atoms with Gasteiger partial charge in [0, 0.05) is 29.9 Å². The summed E-state index contributed by atoms with van der Waals surface area (Å²) in [6, 6.07) is 10.1. The highest BCUT2D eigenvalue weighted by atomic mass is 19.4. The second kappa shape index (κ2) is 7.93. The van der Waals surface area contributed by atoms with Crippen molar-refractivity contribution in [1.29, 1.82) is 0 Å². The molecule has 5 nitrogen and oxygen atoms in total. The van der Waals surface area contributed by atoms with Crippen molar-refractivity contribution < 1.29 is 27.8 Å². The van der Waals surface area contributed by atoms with Gasteiger partial charge in [-0.3, -0.25) is 4.98 Å². The number of halogens is 3. The second-order valence-corrected chi connectivity index (χ2v) is 6.13. The number of aliphatic hydroxyl groups is 1. The smallest absolute Gasteiger partial charge is 0.416 e. The molecule has 1 heterocycles. The number of hydrogen-bond acceptors (Lipinski definition) is 5. The lowest BCUT2D eigenvalue weighted by atomic mass is 10.1. The zero-order chi connectivity index (χ0) is 20.3. The molecule has 0 spiro atoms. The van der Waals surface area contributed by atoms with Crippen LogP contribution in [0.1, 0.15) is 17.2 Å². The van der Waals surface area contributed by atoms with Crippen LogP contribution >= 0.6 is 0 Å². The molecule has 1 atom stereocenters. The molecule has 0 aliphatic rings. The van der Waals surface area contributed by atoms with Crippen LogP contribution < -0.4 is 14.8 Å². The molecular weight excluding hydrogens is 373 g/mol. The highest BCUT2D eigenvalue weighted by Crippen LogP contribution is 2.33. The fourth-order valence-corrected chi connectivity index (χ4v) is 2.82.